The van der Waals surface area contributed by atoms with Gasteiger partial charge < -0.3 is 19.5 Å². The van der Waals surface area contributed by atoms with Gasteiger partial charge in [0.2, 0.25) is 11.7 Å². The van der Waals surface area contributed by atoms with Crippen LogP contribution in [0.4, 0.5) is 13.2 Å². The van der Waals surface area contributed by atoms with E-state index >= 15 is 0 Å². The van der Waals surface area contributed by atoms with Crippen LogP contribution in [0.15, 0.2) is 28.8 Å². The van der Waals surface area contributed by atoms with Gasteiger partial charge in [-0.2, -0.15) is 18.2 Å². The van der Waals surface area contributed by atoms with Crippen LogP contribution in [0.5, 0.6) is 0 Å². The Bertz CT molecular complexity index is 971. The number of halogens is 3. The molecule has 1 atom stereocenters. The highest BCUT2D eigenvalue weighted by Crippen LogP contribution is 2.29. The van der Waals surface area contributed by atoms with Crippen molar-refractivity contribution in [2.75, 3.05) is 26.3 Å². The quantitative estimate of drug-likeness (QED) is 0.726. The lowest BCUT2D eigenvalue weighted by molar-refractivity contribution is -0.159. The number of ether oxygens (including phenoxy) is 1. The number of nitrogens with zero attached hydrogens (tertiary/aromatic N) is 3. The van der Waals surface area contributed by atoms with Crippen LogP contribution in [0.1, 0.15) is 48.4 Å². The topological polar surface area (TPSA) is 97.6 Å². The number of alkyl halides is 3. The highest BCUT2D eigenvalue weighted by molar-refractivity contribution is 5.94. The first-order chi connectivity index (χ1) is 15.8. The molecule has 8 nitrogen and oxygen atoms in total. The normalized spacial score (nSPS) is 20.0. The number of morpholine rings is 1. The molecule has 1 aromatic carbocycles. The van der Waals surface area contributed by atoms with E-state index in [2.05, 4.69) is 20.0 Å². The average Bonchev–Trinajstić information content (AvgIpc) is 3.34. The summed E-state index contributed by atoms with van der Waals surface area (Å²) in [5.41, 5.74) is 0.607. The van der Waals surface area contributed by atoms with Crippen LogP contribution in [0, 0.1) is 5.92 Å². The molecule has 1 aliphatic heterocycles. The smallest absolute Gasteiger partial charge is 0.377 e. The minimum absolute atomic E-state index is 0.0468. The molecule has 1 saturated carbocycles. The second-order valence-corrected chi connectivity index (χ2v) is 8.30. The Labute approximate surface area is 188 Å². The fraction of sp³-hybridized carbons (Fsp3) is 0.545. The monoisotopic (exact) mass is 466 g/mol. The predicted molar refractivity (Wildman–Crippen MR) is 110 cm³/mol. The van der Waals surface area contributed by atoms with Gasteiger partial charge in [-0.3, -0.25) is 9.59 Å². The zero-order chi connectivity index (χ0) is 23.4. The van der Waals surface area contributed by atoms with Gasteiger partial charge >= 0.3 is 12.1 Å². The van der Waals surface area contributed by atoms with Gasteiger partial charge in [0.25, 0.3) is 5.91 Å². The lowest BCUT2D eigenvalue weighted by Gasteiger charge is -2.38. The summed E-state index contributed by atoms with van der Waals surface area (Å²) in [4.78, 5) is 30.7. The van der Waals surface area contributed by atoms with Crippen molar-refractivity contribution in [3.63, 3.8) is 0 Å². The molecule has 178 valence electrons. The molecular formula is C22H25F3N4O4. The summed E-state index contributed by atoms with van der Waals surface area (Å²) >= 11 is 0. The fourth-order valence-electron chi connectivity index (χ4n) is 4.24. The maximum absolute atomic E-state index is 13.0. The van der Waals surface area contributed by atoms with Crippen molar-refractivity contribution in [1.29, 1.82) is 0 Å². The van der Waals surface area contributed by atoms with Gasteiger partial charge in [-0.25, -0.2) is 0 Å². The first kappa shape index (κ1) is 23.2. The Hall–Kier alpha value is -2.95. The van der Waals surface area contributed by atoms with E-state index in [0.29, 0.717) is 25.3 Å². The van der Waals surface area contributed by atoms with Crippen LogP contribution in [0.2, 0.25) is 0 Å². The number of carbonyl (C=O) groups excluding carboxylic acids is 2. The number of benzene rings is 1. The molecule has 2 fully saturated rings. The standard InChI is InChI=1S/C22H25F3N4O4/c23-22(24,25)21-27-18(28-33-21)14-6-8-15(9-7-14)19(30)26-12-17-13-32-11-10-29(17)20(31)16-4-2-1-3-5-16/h6-9,16-17H,1-5,10-13H2,(H,26,30). The van der Waals surface area contributed by atoms with Gasteiger partial charge in [0.1, 0.15) is 0 Å². The van der Waals surface area contributed by atoms with E-state index in [0.717, 1.165) is 25.7 Å². The second-order valence-electron chi connectivity index (χ2n) is 8.30. The molecule has 1 aliphatic carbocycles. The first-order valence-electron chi connectivity index (χ1n) is 11.0. The third-order valence-corrected chi connectivity index (χ3v) is 6.04. The molecule has 4 rings (SSSR count). The number of carbonyl (C=O) groups is 2. The number of nitrogens with one attached hydrogen (secondary N) is 1. The van der Waals surface area contributed by atoms with E-state index in [-0.39, 0.29) is 41.7 Å². The Morgan fingerprint density at radius 1 is 1.12 bits per heavy atom. The Balaban J connectivity index is 1.35. The SMILES string of the molecule is O=C(NCC1COCCN1C(=O)C1CCCCC1)c1ccc(-c2noc(C(F)(F)F)n2)cc1. The van der Waals surface area contributed by atoms with Gasteiger partial charge in [0, 0.05) is 30.1 Å². The minimum Gasteiger partial charge on any atom is -0.377 e. The number of aromatic nitrogens is 2. The zero-order valence-electron chi connectivity index (χ0n) is 17.9. The molecule has 0 radical (unpaired) electrons. The second kappa shape index (κ2) is 9.90. The lowest BCUT2D eigenvalue weighted by atomic mass is 9.88. The summed E-state index contributed by atoms with van der Waals surface area (Å²) in [6.07, 6.45) is 0.402. The highest BCUT2D eigenvalue weighted by Gasteiger charge is 2.38. The van der Waals surface area contributed by atoms with Crippen LogP contribution in [-0.4, -0.2) is 59.2 Å². The van der Waals surface area contributed by atoms with Crippen molar-refractivity contribution in [1.82, 2.24) is 20.4 Å². The maximum atomic E-state index is 13.0. The van der Waals surface area contributed by atoms with Crippen molar-refractivity contribution >= 4 is 11.8 Å². The van der Waals surface area contributed by atoms with Crippen LogP contribution in [-0.2, 0) is 15.7 Å². The third-order valence-electron chi connectivity index (χ3n) is 6.04. The van der Waals surface area contributed by atoms with Crippen molar-refractivity contribution < 1.29 is 32.0 Å². The predicted octanol–water partition coefficient (Wildman–Crippen LogP) is 3.29. The first-order valence-corrected chi connectivity index (χ1v) is 11.0. The van der Waals surface area contributed by atoms with Crippen molar-refractivity contribution in [3.05, 3.63) is 35.7 Å². The Morgan fingerprint density at radius 2 is 1.85 bits per heavy atom. The van der Waals surface area contributed by atoms with Crippen molar-refractivity contribution in [3.8, 4) is 11.4 Å². The molecule has 2 aliphatic rings. The average molecular weight is 466 g/mol. The summed E-state index contributed by atoms with van der Waals surface area (Å²) in [6, 6.07) is 5.59. The van der Waals surface area contributed by atoms with Crippen LogP contribution >= 0.6 is 0 Å². The summed E-state index contributed by atoms with van der Waals surface area (Å²) < 4.78 is 47.6. The largest absolute Gasteiger partial charge is 0.471 e. The summed E-state index contributed by atoms with van der Waals surface area (Å²) in [7, 11) is 0. The van der Waals surface area contributed by atoms with E-state index in [1.807, 2.05) is 4.90 Å². The van der Waals surface area contributed by atoms with Gasteiger partial charge in [-0.05, 0) is 25.0 Å². The molecule has 2 heterocycles. The molecule has 2 aromatic rings. The van der Waals surface area contributed by atoms with E-state index in [4.69, 9.17) is 4.74 Å². The zero-order valence-corrected chi connectivity index (χ0v) is 17.9. The maximum Gasteiger partial charge on any atom is 0.471 e. The molecule has 11 heteroatoms. The lowest BCUT2D eigenvalue weighted by Crippen LogP contribution is -2.55. The molecule has 1 saturated heterocycles. The summed E-state index contributed by atoms with van der Waals surface area (Å²) in [6.45, 7) is 1.60. The van der Waals surface area contributed by atoms with Crippen LogP contribution in [0.3, 0.4) is 0 Å². The number of rotatable bonds is 5. The Kier molecular flexibility index (Phi) is 6.96. The van der Waals surface area contributed by atoms with E-state index in [1.165, 1.54) is 30.7 Å². The van der Waals surface area contributed by atoms with Gasteiger partial charge in [-0.15, -0.1) is 0 Å². The molecule has 1 unspecified atom stereocenters. The molecule has 0 spiro atoms. The molecular weight excluding hydrogens is 441 g/mol. The Morgan fingerprint density at radius 3 is 2.52 bits per heavy atom. The summed E-state index contributed by atoms with van der Waals surface area (Å²) in [5, 5.41) is 6.16. The summed E-state index contributed by atoms with van der Waals surface area (Å²) in [5.74, 6) is -1.82. The van der Waals surface area contributed by atoms with E-state index in [9.17, 15) is 22.8 Å². The molecule has 1 aromatic heterocycles. The number of amides is 2. The van der Waals surface area contributed by atoms with E-state index < -0.39 is 12.1 Å². The number of hydrogen-bond acceptors (Lipinski definition) is 6. The number of hydrogen-bond donors (Lipinski definition) is 1. The fourth-order valence-corrected chi connectivity index (χ4v) is 4.24. The highest BCUT2D eigenvalue weighted by atomic mass is 19.4. The van der Waals surface area contributed by atoms with Crippen LogP contribution < -0.4 is 5.32 Å². The molecule has 0 bridgehead atoms. The van der Waals surface area contributed by atoms with Crippen molar-refractivity contribution in [2.24, 2.45) is 5.92 Å². The van der Waals surface area contributed by atoms with Gasteiger partial charge in [0.05, 0.1) is 19.3 Å². The molecule has 33 heavy (non-hydrogen) atoms. The minimum atomic E-state index is -4.72. The van der Waals surface area contributed by atoms with Crippen LogP contribution in [0.25, 0.3) is 11.4 Å². The third kappa shape index (κ3) is 5.52. The molecule has 1 N–H and O–H groups in total. The van der Waals surface area contributed by atoms with Crippen molar-refractivity contribution in [2.45, 2.75) is 44.3 Å². The van der Waals surface area contributed by atoms with E-state index in [1.54, 1.807) is 0 Å². The molecule has 2 amide bonds. The van der Waals surface area contributed by atoms with Gasteiger partial charge in [-0.1, -0.05) is 36.6 Å². The van der Waals surface area contributed by atoms with Gasteiger partial charge in [0.15, 0.2) is 0 Å².